The number of halogens is 4. The number of pyridine rings is 2. The van der Waals surface area contributed by atoms with Gasteiger partial charge in [0.05, 0.1) is 5.56 Å². The van der Waals surface area contributed by atoms with Gasteiger partial charge in [-0.3, -0.25) is 0 Å². The molecule has 0 amide bonds. The molecular weight excluding hydrogens is 341 g/mol. The van der Waals surface area contributed by atoms with E-state index in [1.165, 1.54) is 18.3 Å². The van der Waals surface area contributed by atoms with Crippen molar-refractivity contribution in [2.45, 2.75) is 6.18 Å². The molecule has 24 heavy (non-hydrogen) atoms. The minimum absolute atomic E-state index is 0.255. The number of alkyl halides is 3. The molecule has 2 heterocycles. The summed E-state index contributed by atoms with van der Waals surface area (Å²) in [7, 11) is 0. The predicted molar refractivity (Wildman–Crippen MR) is 84.0 cm³/mol. The molecule has 7 heteroatoms. The summed E-state index contributed by atoms with van der Waals surface area (Å²) in [5, 5.41) is 0.354. The number of benzene rings is 1. The summed E-state index contributed by atoms with van der Waals surface area (Å²) >= 11 is 5.77. The molecular formula is C17H10ClF3N2O. The van der Waals surface area contributed by atoms with E-state index in [1.807, 2.05) is 0 Å². The summed E-state index contributed by atoms with van der Waals surface area (Å²) in [6.07, 6.45) is -1.28. The van der Waals surface area contributed by atoms with Crippen molar-refractivity contribution in [3.63, 3.8) is 0 Å². The van der Waals surface area contributed by atoms with Gasteiger partial charge in [0, 0.05) is 23.5 Å². The summed E-state index contributed by atoms with van der Waals surface area (Å²) in [6, 6.07) is 11.3. The third-order valence-corrected chi connectivity index (χ3v) is 3.43. The van der Waals surface area contributed by atoms with E-state index in [0.717, 1.165) is 17.7 Å². The molecule has 0 fully saturated rings. The SMILES string of the molecule is FC(F)(F)c1ccc(Oc2ncccc2-c2ccc(Cl)nc2)cc1. The smallest absolute Gasteiger partial charge is 0.416 e. The Hall–Kier alpha value is -2.60. The van der Waals surface area contributed by atoms with Crippen LogP contribution in [0.4, 0.5) is 13.2 Å². The number of hydrogen-bond acceptors (Lipinski definition) is 3. The van der Waals surface area contributed by atoms with Crippen molar-refractivity contribution in [1.29, 1.82) is 0 Å². The molecule has 0 atom stereocenters. The molecule has 3 rings (SSSR count). The van der Waals surface area contributed by atoms with Crippen molar-refractivity contribution in [2.24, 2.45) is 0 Å². The Morgan fingerprint density at radius 1 is 0.917 bits per heavy atom. The Morgan fingerprint density at radius 3 is 2.29 bits per heavy atom. The van der Waals surface area contributed by atoms with Gasteiger partial charge < -0.3 is 4.74 Å². The predicted octanol–water partition coefficient (Wildman–Crippen LogP) is 5.61. The molecule has 0 saturated heterocycles. The minimum atomic E-state index is -4.39. The first kappa shape index (κ1) is 16.3. The molecule has 2 aromatic heterocycles. The lowest BCUT2D eigenvalue weighted by molar-refractivity contribution is -0.137. The van der Waals surface area contributed by atoms with Crippen LogP contribution in [0, 0.1) is 0 Å². The summed E-state index contributed by atoms with van der Waals surface area (Å²) in [5.41, 5.74) is 0.647. The quantitative estimate of drug-likeness (QED) is 0.576. The van der Waals surface area contributed by atoms with Crippen molar-refractivity contribution in [2.75, 3.05) is 0 Å². The fraction of sp³-hybridized carbons (Fsp3) is 0.0588. The Balaban J connectivity index is 1.89. The highest BCUT2D eigenvalue weighted by molar-refractivity contribution is 6.29. The van der Waals surface area contributed by atoms with Crippen LogP contribution in [0.5, 0.6) is 11.6 Å². The first-order valence-corrected chi connectivity index (χ1v) is 7.23. The number of rotatable bonds is 3. The monoisotopic (exact) mass is 350 g/mol. The summed E-state index contributed by atoms with van der Waals surface area (Å²) in [6.45, 7) is 0. The Labute approximate surface area is 140 Å². The second-order valence-corrected chi connectivity index (χ2v) is 5.24. The molecule has 3 nitrogen and oxygen atoms in total. The van der Waals surface area contributed by atoms with E-state index in [9.17, 15) is 13.2 Å². The van der Waals surface area contributed by atoms with Crippen molar-refractivity contribution in [3.8, 4) is 22.8 Å². The van der Waals surface area contributed by atoms with E-state index in [-0.39, 0.29) is 11.6 Å². The van der Waals surface area contributed by atoms with Crippen LogP contribution in [0.2, 0.25) is 5.15 Å². The Morgan fingerprint density at radius 2 is 1.67 bits per heavy atom. The second-order valence-electron chi connectivity index (χ2n) is 4.85. The van der Waals surface area contributed by atoms with Gasteiger partial charge in [-0.1, -0.05) is 11.6 Å². The maximum atomic E-state index is 12.6. The fourth-order valence-corrected chi connectivity index (χ4v) is 2.16. The van der Waals surface area contributed by atoms with Crippen LogP contribution in [-0.2, 0) is 6.18 Å². The largest absolute Gasteiger partial charge is 0.438 e. The van der Waals surface area contributed by atoms with Crippen molar-refractivity contribution < 1.29 is 17.9 Å². The second kappa shape index (κ2) is 6.49. The molecule has 0 spiro atoms. The first-order valence-electron chi connectivity index (χ1n) is 6.85. The van der Waals surface area contributed by atoms with Gasteiger partial charge in [0.2, 0.25) is 5.88 Å². The average molecular weight is 351 g/mol. The van der Waals surface area contributed by atoms with Crippen molar-refractivity contribution in [3.05, 3.63) is 71.6 Å². The van der Waals surface area contributed by atoms with Gasteiger partial charge in [0.15, 0.2) is 0 Å². The molecule has 0 aliphatic rings. The molecule has 0 N–H and O–H groups in total. The van der Waals surface area contributed by atoms with E-state index in [4.69, 9.17) is 16.3 Å². The third kappa shape index (κ3) is 3.65. The van der Waals surface area contributed by atoms with E-state index < -0.39 is 11.7 Å². The van der Waals surface area contributed by atoms with Gasteiger partial charge in [0.25, 0.3) is 0 Å². The molecule has 0 bridgehead atoms. The minimum Gasteiger partial charge on any atom is -0.438 e. The average Bonchev–Trinajstić information content (AvgIpc) is 2.56. The number of ether oxygens (including phenoxy) is 1. The molecule has 0 unspecified atom stereocenters. The van der Waals surface area contributed by atoms with Crippen molar-refractivity contribution in [1.82, 2.24) is 9.97 Å². The molecule has 0 radical (unpaired) electrons. The standard InChI is InChI=1S/C17H10ClF3N2O/c18-15-8-3-11(10-23-15)14-2-1-9-22-16(14)24-13-6-4-12(5-7-13)17(19,20)21/h1-10H. The lowest BCUT2D eigenvalue weighted by atomic mass is 10.1. The van der Waals surface area contributed by atoms with Crippen LogP contribution in [-0.4, -0.2) is 9.97 Å². The molecule has 0 aliphatic heterocycles. The summed E-state index contributed by atoms with van der Waals surface area (Å²) < 4.78 is 43.4. The third-order valence-electron chi connectivity index (χ3n) is 3.21. The van der Waals surface area contributed by atoms with Crippen LogP contribution < -0.4 is 4.74 Å². The lowest BCUT2D eigenvalue weighted by Gasteiger charge is -2.11. The number of hydrogen-bond donors (Lipinski definition) is 0. The van der Waals surface area contributed by atoms with Gasteiger partial charge in [-0.15, -0.1) is 0 Å². The van der Waals surface area contributed by atoms with Crippen LogP contribution in [0.3, 0.4) is 0 Å². The molecule has 122 valence electrons. The first-order chi connectivity index (χ1) is 11.4. The van der Waals surface area contributed by atoms with Crippen molar-refractivity contribution >= 4 is 11.6 Å². The number of nitrogens with zero attached hydrogens (tertiary/aromatic N) is 2. The van der Waals surface area contributed by atoms with Gasteiger partial charge >= 0.3 is 6.18 Å². The maximum Gasteiger partial charge on any atom is 0.416 e. The van der Waals surface area contributed by atoms with Gasteiger partial charge in [-0.25, -0.2) is 9.97 Å². The van der Waals surface area contributed by atoms with Crippen LogP contribution >= 0.6 is 11.6 Å². The number of aromatic nitrogens is 2. The lowest BCUT2D eigenvalue weighted by Crippen LogP contribution is -2.04. The summed E-state index contributed by atoms with van der Waals surface area (Å²) in [4.78, 5) is 8.14. The zero-order valence-electron chi connectivity index (χ0n) is 12.1. The maximum absolute atomic E-state index is 12.6. The Kier molecular flexibility index (Phi) is 4.40. The van der Waals surface area contributed by atoms with Gasteiger partial charge in [-0.05, 0) is 48.5 Å². The van der Waals surface area contributed by atoms with E-state index in [1.54, 1.807) is 30.5 Å². The highest BCUT2D eigenvalue weighted by atomic mass is 35.5. The highest BCUT2D eigenvalue weighted by Crippen LogP contribution is 2.34. The normalized spacial score (nSPS) is 11.3. The van der Waals surface area contributed by atoms with Gasteiger partial charge in [-0.2, -0.15) is 13.2 Å². The molecule has 1 aromatic carbocycles. The molecule has 0 aliphatic carbocycles. The fourth-order valence-electron chi connectivity index (χ4n) is 2.05. The van der Waals surface area contributed by atoms with E-state index in [2.05, 4.69) is 9.97 Å². The zero-order valence-corrected chi connectivity index (χ0v) is 12.8. The topological polar surface area (TPSA) is 35.0 Å². The zero-order chi connectivity index (χ0) is 17.2. The van der Waals surface area contributed by atoms with E-state index in [0.29, 0.717) is 10.7 Å². The Bertz CT molecular complexity index is 834. The summed E-state index contributed by atoms with van der Waals surface area (Å²) in [5.74, 6) is 0.520. The highest BCUT2D eigenvalue weighted by Gasteiger charge is 2.30. The van der Waals surface area contributed by atoms with Crippen LogP contribution in [0.25, 0.3) is 11.1 Å². The molecule has 3 aromatic rings. The van der Waals surface area contributed by atoms with E-state index >= 15 is 0 Å². The van der Waals surface area contributed by atoms with Crippen LogP contribution in [0.1, 0.15) is 5.56 Å². The van der Waals surface area contributed by atoms with Gasteiger partial charge in [0.1, 0.15) is 10.9 Å². The van der Waals surface area contributed by atoms with Crippen LogP contribution in [0.15, 0.2) is 60.9 Å². The molecule has 0 saturated carbocycles.